The van der Waals surface area contributed by atoms with Crippen LogP contribution in [0.3, 0.4) is 0 Å². The lowest BCUT2D eigenvalue weighted by molar-refractivity contribution is -0.123. The first-order chi connectivity index (χ1) is 13.3. The van der Waals surface area contributed by atoms with Crippen LogP contribution in [0.15, 0.2) is 73.1 Å². The minimum atomic E-state index is -0.112. The van der Waals surface area contributed by atoms with Gasteiger partial charge < -0.3 is 14.6 Å². The number of amides is 1. The number of fused-ring (bicyclic) bond motifs is 2. The first kappa shape index (κ1) is 17.1. The summed E-state index contributed by atoms with van der Waals surface area (Å²) in [6.07, 6.45) is 4.66. The zero-order valence-electron chi connectivity index (χ0n) is 15.0. The largest absolute Gasteiger partial charge is 0.484 e. The Morgan fingerprint density at radius 3 is 2.78 bits per heavy atom. The fourth-order valence-corrected chi connectivity index (χ4v) is 3.14. The molecule has 27 heavy (non-hydrogen) atoms. The Kier molecular flexibility index (Phi) is 5.01. The van der Waals surface area contributed by atoms with Gasteiger partial charge in [-0.2, -0.15) is 0 Å². The van der Waals surface area contributed by atoms with E-state index in [-0.39, 0.29) is 12.5 Å². The van der Waals surface area contributed by atoms with Crippen molar-refractivity contribution in [3.05, 3.63) is 73.1 Å². The number of pyridine rings is 1. The molecule has 0 spiro atoms. The van der Waals surface area contributed by atoms with Crippen molar-refractivity contribution in [2.24, 2.45) is 0 Å². The van der Waals surface area contributed by atoms with E-state index in [1.54, 1.807) is 6.20 Å². The molecule has 0 aliphatic rings. The molecule has 0 aliphatic heterocycles. The number of nitrogens with one attached hydrogen (secondary N) is 1. The topological polar surface area (TPSA) is 56.1 Å². The van der Waals surface area contributed by atoms with Crippen molar-refractivity contribution < 1.29 is 9.53 Å². The minimum absolute atomic E-state index is 0.0202. The summed E-state index contributed by atoms with van der Waals surface area (Å²) in [5, 5.41) is 6.29. The van der Waals surface area contributed by atoms with E-state index in [0.29, 0.717) is 12.3 Å². The van der Waals surface area contributed by atoms with Gasteiger partial charge >= 0.3 is 0 Å². The van der Waals surface area contributed by atoms with Crippen molar-refractivity contribution in [3.63, 3.8) is 0 Å². The van der Waals surface area contributed by atoms with Crippen molar-refractivity contribution >= 4 is 27.7 Å². The predicted octanol–water partition coefficient (Wildman–Crippen LogP) is 3.77. The summed E-state index contributed by atoms with van der Waals surface area (Å²) < 4.78 is 7.71. The summed E-state index contributed by atoms with van der Waals surface area (Å²) >= 11 is 0. The molecule has 0 saturated heterocycles. The fraction of sp³-hybridized carbons (Fsp3) is 0.182. The Hall–Kier alpha value is -3.34. The number of aromatic nitrogens is 2. The number of aryl methyl sites for hydroxylation is 1. The second-order valence-electron chi connectivity index (χ2n) is 6.43. The second-order valence-corrected chi connectivity index (χ2v) is 6.43. The van der Waals surface area contributed by atoms with E-state index in [1.807, 2.05) is 54.7 Å². The number of carbonyl (C=O) groups is 1. The quantitative estimate of drug-likeness (QED) is 0.511. The summed E-state index contributed by atoms with van der Waals surface area (Å²) in [4.78, 5) is 16.4. The maximum atomic E-state index is 12.0. The lowest BCUT2D eigenvalue weighted by Gasteiger charge is -2.09. The van der Waals surface area contributed by atoms with Gasteiger partial charge in [0.1, 0.15) is 11.4 Å². The molecule has 2 aromatic heterocycles. The predicted molar refractivity (Wildman–Crippen MR) is 107 cm³/mol. The van der Waals surface area contributed by atoms with Crippen molar-refractivity contribution in [1.82, 2.24) is 14.9 Å². The molecule has 5 heteroatoms. The van der Waals surface area contributed by atoms with E-state index in [9.17, 15) is 4.79 Å². The van der Waals surface area contributed by atoms with Gasteiger partial charge in [-0.3, -0.25) is 4.79 Å². The molecule has 136 valence electrons. The normalized spacial score (nSPS) is 11.0. The van der Waals surface area contributed by atoms with E-state index in [2.05, 4.69) is 27.0 Å². The van der Waals surface area contributed by atoms with Crippen LogP contribution in [0.25, 0.3) is 21.8 Å². The molecule has 0 saturated carbocycles. The molecule has 0 fully saturated rings. The summed E-state index contributed by atoms with van der Waals surface area (Å²) in [6.45, 7) is 1.44. The van der Waals surface area contributed by atoms with Crippen LogP contribution < -0.4 is 10.1 Å². The SMILES string of the molecule is O=C(COc1ccc2ccccc2c1)NCCCn1ccc2cccnc21. The number of carbonyl (C=O) groups excluding carboxylic acids is 1. The summed E-state index contributed by atoms with van der Waals surface area (Å²) in [5.41, 5.74) is 0.975. The van der Waals surface area contributed by atoms with Crippen LogP contribution in [0.5, 0.6) is 5.75 Å². The summed E-state index contributed by atoms with van der Waals surface area (Å²) in [7, 11) is 0. The monoisotopic (exact) mass is 359 g/mol. The number of benzene rings is 2. The van der Waals surface area contributed by atoms with Crippen molar-refractivity contribution in [2.75, 3.05) is 13.2 Å². The smallest absolute Gasteiger partial charge is 0.257 e. The summed E-state index contributed by atoms with van der Waals surface area (Å²) in [6, 6.07) is 19.9. The van der Waals surface area contributed by atoms with Crippen LogP contribution in [0.2, 0.25) is 0 Å². The van der Waals surface area contributed by atoms with Gasteiger partial charge in [0.2, 0.25) is 0 Å². The van der Waals surface area contributed by atoms with E-state index in [0.717, 1.165) is 34.8 Å². The molecule has 0 atom stereocenters. The van der Waals surface area contributed by atoms with Gasteiger partial charge in [0.15, 0.2) is 6.61 Å². The molecule has 5 nitrogen and oxygen atoms in total. The maximum Gasteiger partial charge on any atom is 0.257 e. The highest BCUT2D eigenvalue weighted by atomic mass is 16.5. The lowest BCUT2D eigenvalue weighted by Crippen LogP contribution is -2.30. The van der Waals surface area contributed by atoms with Gasteiger partial charge in [-0.15, -0.1) is 0 Å². The van der Waals surface area contributed by atoms with Crippen molar-refractivity contribution in [3.8, 4) is 5.75 Å². The number of rotatable bonds is 7. The molecule has 4 aromatic rings. The molecular formula is C22H21N3O2. The van der Waals surface area contributed by atoms with Gasteiger partial charge in [-0.1, -0.05) is 30.3 Å². The highest BCUT2D eigenvalue weighted by Gasteiger charge is 2.04. The van der Waals surface area contributed by atoms with Crippen LogP contribution in [-0.4, -0.2) is 28.6 Å². The molecular weight excluding hydrogens is 338 g/mol. The van der Waals surface area contributed by atoms with Crippen LogP contribution in [0, 0.1) is 0 Å². The number of hydrogen-bond acceptors (Lipinski definition) is 3. The van der Waals surface area contributed by atoms with Gasteiger partial charge in [-0.25, -0.2) is 4.98 Å². The Morgan fingerprint density at radius 2 is 1.85 bits per heavy atom. The van der Waals surface area contributed by atoms with Crippen LogP contribution >= 0.6 is 0 Å². The van der Waals surface area contributed by atoms with E-state index in [1.165, 1.54) is 0 Å². The van der Waals surface area contributed by atoms with Gasteiger partial charge in [0, 0.05) is 30.9 Å². The molecule has 4 rings (SSSR count). The van der Waals surface area contributed by atoms with Crippen LogP contribution in [0.1, 0.15) is 6.42 Å². The third kappa shape index (κ3) is 4.08. The van der Waals surface area contributed by atoms with Crippen molar-refractivity contribution in [1.29, 1.82) is 0 Å². The summed E-state index contributed by atoms with van der Waals surface area (Å²) in [5.74, 6) is 0.590. The first-order valence-corrected chi connectivity index (χ1v) is 9.08. The molecule has 0 aliphatic carbocycles. The van der Waals surface area contributed by atoms with E-state index in [4.69, 9.17) is 4.74 Å². The van der Waals surface area contributed by atoms with Gasteiger partial charge in [0.25, 0.3) is 5.91 Å². The zero-order valence-corrected chi connectivity index (χ0v) is 15.0. The Bertz CT molecular complexity index is 1070. The number of ether oxygens (including phenoxy) is 1. The molecule has 1 amide bonds. The fourth-order valence-electron chi connectivity index (χ4n) is 3.14. The third-order valence-electron chi connectivity index (χ3n) is 4.51. The van der Waals surface area contributed by atoms with E-state index >= 15 is 0 Å². The van der Waals surface area contributed by atoms with E-state index < -0.39 is 0 Å². The average Bonchev–Trinajstić information content (AvgIpc) is 3.13. The molecule has 0 radical (unpaired) electrons. The maximum absolute atomic E-state index is 12.0. The standard InChI is InChI=1S/C22H21N3O2/c26-21(16-27-20-9-8-17-5-1-2-6-19(17)15-20)23-12-4-13-25-14-10-18-7-3-11-24-22(18)25/h1-3,5-11,14-15H,4,12-13,16H2,(H,23,26). The average molecular weight is 359 g/mol. The van der Waals surface area contributed by atoms with Crippen LogP contribution in [-0.2, 0) is 11.3 Å². The second kappa shape index (κ2) is 7.91. The number of hydrogen-bond donors (Lipinski definition) is 1. The lowest BCUT2D eigenvalue weighted by atomic mass is 10.1. The van der Waals surface area contributed by atoms with Crippen molar-refractivity contribution in [2.45, 2.75) is 13.0 Å². The Labute approximate surface area is 157 Å². The molecule has 1 N–H and O–H groups in total. The first-order valence-electron chi connectivity index (χ1n) is 9.08. The Balaban J connectivity index is 1.22. The zero-order chi connectivity index (χ0) is 18.5. The molecule has 2 heterocycles. The molecule has 2 aromatic carbocycles. The molecule has 0 unspecified atom stereocenters. The highest BCUT2D eigenvalue weighted by molar-refractivity contribution is 5.84. The Morgan fingerprint density at radius 1 is 1.00 bits per heavy atom. The minimum Gasteiger partial charge on any atom is -0.484 e. The van der Waals surface area contributed by atoms with Gasteiger partial charge in [0.05, 0.1) is 0 Å². The number of nitrogens with zero attached hydrogens (tertiary/aromatic N) is 2. The van der Waals surface area contributed by atoms with Crippen LogP contribution in [0.4, 0.5) is 0 Å². The third-order valence-corrected chi connectivity index (χ3v) is 4.51. The molecule has 0 bridgehead atoms. The highest BCUT2D eigenvalue weighted by Crippen LogP contribution is 2.20. The van der Waals surface area contributed by atoms with Gasteiger partial charge in [-0.05, 0) is 47.5 Å².